The van der Waals surface area contributed by atoms with Gasteiger partial charge in [0.25, 0.3) is 0 Å². The van der Waals surface area contributed by atoms with Crippen LogP contribution in [0.25, 0.3) is 0 Å². The molecule has 1 aromatic rings. The third-order valence-electron chi connectivity index (χ3n) is 2.23. The van der Waals surface area contributed by atoms with Crippen LogP contribution in [0.5, 0.6) is 0 Å². The molecule has 0 fully saturated rings. The summed E-state index contributed by atoms with van der Waals surface area (Å²) < 4.78 is 0.736. The fourth-order valence-electron chi connectivity index (χ4n) is 1.37. The minimum atomic E-state index is 0.135. The third kappa shape index (κ3) is 3.32. The zero-order valence-electron chi connectivity index (χ0n) is 8.53. The normalized spacial score (nSPS) is 19.4. The Hall–Kier alpha value is -0.870. The Labute approximate surface area is 108 Å². The number of hydrogen-bond donors (Lipinski definition) is 1. The van der Waals surface area contributed by atoms with Gasteiger partial charge in [-0.15, -0.1) is 21.8 Å². The topological polar surface area (TPSA) is 37.8 Å². The van der Waals surface area contributed by atoms with Crippen LogP contribution in [0, 0.1) is 0 Å². The van der Waals surface area contributed by atoms with Gasteiger partial charge in [0.2, 0.25) is 0 Å². The fraction of sp³-hybridized carbons (Fsp3) is 0.273. The van der Waals surface area contributed by atoms with Gasteiger partial charge < -0.3 is 5.32 Å². The average molecular weight is 301 g/mol. The number of hydrogen-bond acceptors (Lipinski definition) is 3. The number of nitrogens with one attached hydrogen (secondary N) is 1. The maximum Gasteiger partial charge on any atom is 0.148 e. The van der Waals surface area contributed by atoms with E-state index in [9.17, 15) is 0 Å². The van der Waals surface area contributed by atoms with E-state index in [2.05, 4.69) is 37.5 Å². The molecular weight excluding hydrogens is 289 g/mol. The Kier molecular flexibility index (Phi) is 3.96. The van der Waals surface area contributed by atoms with Crippen molar-refractivity contribution in [3.63, 3.8) is 0 Å². The van der Waals surface area contributed by atoms with Gasteiger partial charge in [0.15, 0.2) is 0 Å². The molecule has 1 heterocycles. The molecule has 5 heteroatoms. The second kappa shape index (κ2) is 5.46. The number of halogens is 2. The van der Waals surface area contributed by atoms with Crippen molar-refractivity contribution in [1.82, 2.24) is 10.2 Å². The molecule has 84 valence electrons. The number of alkyl halides is 1. The van der Waals surface area contributed by atoms with Gasteiger partial charge in [-0.1, -0.05) is 18.2 Å². The molecule has 0 aliphatic heterocycles. The third-order valence-corrected chi connectivity index (χ3v) is 2.98. The zero-order valence-corrected chi connectivity index (χ0v) is 10.9. The van der Waals surface area contributed by atoms with E-state index < -0.39 is 0 Å². The molecule has 0 amide bonds. The van der Waals surface area contributed by atoms with Crippen molar-refractivity contribution in [2.45, 2.75) is 11.8 Å². The van der Waals surface area contributed by atoms with Gasteiger partial charge in [0.05, 0.1) is 5.38 Å². The molecule has 1 aromatic heterocycles. The standard InChI is InChI=1S/C11H11BrClN3/c12-10-5-6-11(16-15-10)14-7-8-1-3-9(13)4-2-8/h1-3,5-6,9H,4,7H2,(H,14,16). The van der Waals surface area contributed by atoms with E-state index >= 15 is 0 Å². The average Bonchev–Trinajstić information content (AvgIpc) is 2.30. The van der Waals surface area contributed by atoms with Gasteiger partial charge in [-0.3, -0.25) is 0 Å². The predicted molar refractivity (Wildman–Crippen MR) is 69.7 cm³/mol. The van der Waals surface area contributed by atoms with Gasteiger partial charge in [-0.25, -0.2) is 0 Å². The summed E-state index contributed by atoms with van der Waals surface area (Å²) in [6, 6.07) is 3.74. The largest absolute Gasteiger partial charge is 0.365 e. The van der Waals surface area contributed by atoms with Gasteiger partial charge in [-0.2, -0.15) is 0 Å². The summed E-state index contributed by atoms with van der Waals surface area (Å²) >= 11 is 9.18. The van der Waals surface area contributed by atoms with Crippen LogP contribution >= 0.6 is 27.5 Å². The lowest BCUT2D eigenvalue weighted by atomic mass is 10.1. The fourth-order valence-corrected chi connectivity index (χ4v) is 1.75. The van der Waals surface area contributed by atoms with E-state index in [0.29, 0.717) is 0 Å². The molecule has 0 saturated heterocycles. The van der Waals surface area contributed by atoms with Crippen LogP contribution in [0.15, 0.2) is 40.5 Å². The van der Waals surface area contributed by atoms with Crippen molar-refractivity contribution in [2.75, 3.05) is 11.9 Å². The highest BCUT2D eigenvalue weighted by Gasteiger charge is 2.04. The molecule has 1 aliphatic rings. The quantitative estimate of drug-likeness (QED) is 0.872. The van der Waals surface area contributed by atoms with Gasteiger partial charge in [0.1, 0.15) is 10.4 Å². The van der Waals surface area contributed by atoms with E-state index in [1.165, 1.54) is 5.57 Å². The summed E-state index contributed by atoms with van der Waals surface area (Å²) in [5, 5.41) is 11.2. The van der Waals surface area contributed by atoms with Gasteiger partial charge in [0, 0.05) is 6.54 Å². The van der Waals surface area contributed by atoms with E-state index in [-0.39, 0.29) is 5.38 Å². The van der Waals surface area contributed by atoms with Crippen LogP contribution in [0.1, 0.15) is 6.42 Å². The summed E-state index contributed by atoms with van der Waals surface area (Å²) in [7, 11) is 0. The first-order chi connectivity index (χ1) is 7.74. The SMILES string of the molecule is ClC1C=CC(CNc2ccc(Br)nn2)=CC1. The van der Waals surface area contributed by atoms with E-state index in [1.54, 1.807) is 0 Å². The summed E-state index contributed by atoms with van der Waals surface area (Å²) in [4.78, 5) is 0. The van der Waals surface area contributed by atoms with Crippen LogP contribution in [0.4, 0.5) is 5.82 Å². The lowest BCUT2D eigenvalue weighted by Crippen LogP contribution is -2.08. The van der Waals surface area contributed by atoms with Crippen LogP contribution in [0.2, 0.25) is 0 Å². The first kappa shape index (κ1) is 11.6. The number of rotatable bonds is 3. The highest BCUT2D eigenvalue weighted by atomic mass is 79.9. The zero-order chi connectivity index (χ0) is 11.4. The summed E-state index contributed by atoms with van der Waals surface area (Å²) in [6.45, 7) is 0.746. The molecule has 1 N–H and O–H groups in total. The second-order valence-corrected chi connectivity index (χ2v) is 4.86. The van der Waals surface area contributed by atoms with Crippen molar-refractivity contribution in [2.24, 2.45) is 0 Å². The van der Waals surface area contributed by atoms with Gasteiger partial charge in [-0.05, 0) is 40.1 Å². The monoisotopic (exact) mass is 299 g/mol. The highest BCUT2D eigenvalue weighted by Crippen LogP contribution is 2.15. The summed E-state index contributed by atoms with van der Waals surface area (Å²) in [5.74, 6) is 0.769. The van der Waals surface area contributed by atoms with Crippen LogP contribution < -0.4 is 5.32 Å². The Morgan fingerprint density at radius 1 is 1.44 bits per heavy atom. The number of anilines is 1. The Morgan fingerprint density at radius 3 is 2.94 bits per heavy atom. The van der Waals surface area contributed by atoms with Crippen molar-refractivity contribution >= 4 is 33.3 Å². The minimum Gasteiger partial charge on any atom is -0.365 e. The molecule has 0 aromatic carbocycles. The molecular formula is C11H11BrClN3. The maximum atomic E-state index is 5.94. The molecule has 1 atom stereocenters. The molecule has 0 spiro atoms. The smallest absolute Gasteiger partial charge is 0.148 e. The first-order valence-corrected chi connectivity index (χ1v) is 6.21. The van der Waals surface area contributed by atoms with E-state index in [4.69, 9.17) is 11.6 Å². The molecule has 3 nitrogen and oxygen atoms in total. The second-order valence-electron chi connectivity index (χ2n) is 3.48. The number of nitrogens with zero attached hydrogens (tertiary/aromatic N) is 2. The molecule has 2 rings (SSSR count). The first-order valence-electron chi connectivity index (χ1n) is 4.98. The molecule has 0 saturated carbocycles. The van der Waals surface area contributed by atoms with Crippen LogP contribution in [-0.4, -0.2) is 22.1 Å². The summed E-state index contributed by atoms with van der Waals surface area (Å²) in [6.07, 6.45) is 7.07. The Morgan fingerprint density at radius 2 is 2.31 bits per heavy atom. The number of aromatic nitrogens is 2. The van der Waals surface area contributed by atoms with Crippen LogP contribution in [-0.2, 0) is 0 Å². The molecule has 0 radical (unpaired) electrons. The maximum absolute atomic E-state index is 5.94. The van der Waals surface area contributed by atoms with E-state index in [1.807, 2.05) is 24.3 Å². The lowest BCUT2D eigenvalue weighted by molar-refractivity contribution is 0.982. The Balaban J connectivity index is 1.88. The van der Waals surface area contributed by atoms with Crippen molar-refractivity contribution in [3.05, 3.63) is 40.5 Å². The van der Waals surface area contributed by atoms with Crippen molar-refractivity contribution in [1.29, 1.82) is 0 Å². The Bertz CT molecular complexity index is 414. The molecule has 16 heavy (non-hydrogen) atoms. The highest BCUT2D eigenvalue weighted by molar-refractivity contribution is 9.10. The van der Waals surface area contributed by atoms with E-state index in [0.717, 1.165) is 23.4 Å². The molecule has 0 bridgehead atoms. The van der Waals surface area contributed by atoms with Gasteiger partial charge >= 0.3 is 0 Å². The van der Waals surface area contributed by atoms with Crippen molar-refractivity contribution in [3.8, 4) is 0 Å². The van der Waals surface area contributed by atoms with Crippen molar-refractivity contribution < 1.29 is 0 Å². The minimum absolute atomic E-state index is 0.135. The lowest BCUT2D eigenvalue weighted by Gasteiger charge is -2.11. The molecule has 1 unspecified atom stereocenters. The summed E-state index contributed by atoms with van der Waals surface area (Å²) in [5.41, 5.74) is 1.22. The molecule has 1 aliphatic carbocycles. The predicted octanol–water partition coefficient (Wildman–Crippen LogP) is 3.14. The van der Waals surface area contributed by atoms with Crippen LogP contribution in [0.3, 0.4) is 0 Å². The number of allylic oxidation sites excluding steroid dienone is 2.